The quantitative estimate of drug-likeness (QED) is 0.784. The summed E-state index contributed by atoms with van der Waals surface area (Å²) in [5.41, 5.74) is 0.408. The molecule has 2 aromatic rings. The van der Waals surface area contributed by atoms with E-state index in [1.165, 1.54) is 6.33 Å². The van der Waals surface area contributed by atoms with Crippen LogP contribution in [0, 0.1) is 11.3 Å². The second kappa shape index (κ2) is 6.89. The molecule has 2 rings (SSSR count). The predicted octanol–water partition coefficient (Wildman–Crippen LogP) is 2.94. The largest absolute Gasteiger partial charge is 0.497 e. The van der Waals surface area contributed by atoms with Crippen molar-refractivity contribution in [3.8, 4) is 11.8 Å². The number of nitrogens with zero attached hydrogens (tertiary/aromatic N) is 4. The number of methoxy groups -OCH3 is 1. The molecule has 1 heterocycles. The van der Waals surface area contributed by atoms with Gasteiger partial charge in [-0.2, -0.15) is 10.4 Å². The molecule has 110 valence electrons. The van der Waals surface area contributed by atoms with Gasteiger partial charge in [-0.3, -0.25) is 4.68 Å². The lowest BCUT2D eigenvalue weighted by Crippen LogP contribution is -2.30. The fraction of sp³-hybridized carbons (Fsp3) is 0.438. The summed E-state index contributed by atoms with van der Waals surface area (Å²) in [4.78, 5) is 3.96. The van der Waals surface area contributed by atoms with E-state index < -0.39 is 5.41 Å². The summed E-state index contributed by atoms with van der Waals surface area (Å²) in [7, 11) is 1.64. The number of ether oxygens (including phenoxy) is 1. The van der Waals surface area contributed by atoms with Crippen LogP contribution in [-0.2, 0) is 12.0 Å². The van der Waals surface area contributed by atoms with Crippen LogP contribution in [0.5, 0.6) is 5.75 Å². The van der Waals surface area contributed by atoms with Crippen molar-refractivity contribution < 1.29 is 4.74 Å². The van der Waals surface area contributed by atoms with Crippen molar-refractivity contribution in [3.05, 3.63) is 42.5 Å². The van der Waals surface area contributed by atoms with Crippen LogP contribution in [-0.4, -0.2) is 21.9 Å². The summed E-state index contributed by atoms with van der Waals surface area (Å²) in [6, 6.07) is 10.2. The van der Waals surface area contributed by atoms with Gasteiger partial charge in [0.15, 0.2) is 0 Å². The zero-order chi connectivity index (χ0) is 15.1. The second-order valence-electron chi connectivity index (χ2n) is 5.12. The van der Waals surface area contributed by atoms with E-state index in [2.05, 4.69) is 23.1 Å². The van der Waals surface area contributed by atoms with Gasteiger partial charge < -0.3 is 4.74 Å². The van der Waals surface area contributed by atoms with Crippen LogP contribution in [0.3, 0.4) is 0 Å². The molecule has 5 nitrogen and oxygen atoms in total. The summed E-state index contributed by atoms with van der Waals surface area (Å²) in [5.74, 6) is 0.793. The van der Waals surface area contributed by atoms with Crippen molar-refractivity contribution in [2.24, 2.45) is 0 Å². The Morgan fingerprint density at radius 1 is 1.33 bits per heavy atom. The van der Waals surface area contributed by atoms with Gasteiger partial charge in [0.2, 0.25) is 0 Å². The molecule has 1 aromatic carbocycles. The average molecular weight is 284 g/mol. The molecule has 0 N–H and O–H groups in total. The first-order chi connectivity index (χ1) is 10.2. The number of nitriles is 1. The monoisotopic (exact) mass is 284 g/mol. The molecule has 0 saturated carbocycles. The molecule has 0 aliphatic rings. The normalized spacial score (nSPS) is 13.4. The van der Waals surface area contributed by atoms with E-state index in [1.54, 1.807) is 18.1 Å². The van der Waals surface area contributed by atoms with E-state index >= 15 is 0 Å². The summed E-state index contributed by atoms with van der Waals surface area (Å²) in [6.45, 7) is 2.64. The number of hydrogen-bond acceptors (Lipinski definition) is 4. The van der Waals surface area contributed by atoms with Crippen LogP contribution in [0.2, 0.25) is 0 Å². The van der Waals surface area contributed by atoms with Gasteiger partial charge in [0, 0.05) is 0 Å². The summed E-state index contributed by atoms with van der Waals surface area (Å²) in [5, 5.41) is 14.0. The van der Waals surface area contributed by atoms with Crippen LogP contribution in [0.1, 0.15) is 31.7 Å². The maximum absolute atomic E-state index is 9.84. The van der Waals surface area contributed by atoms with E-state index in [4.69, 9.17) is 4.74 Å². The highest BCUT2D eigenvalue weighted by molar-refractivity contribution is 5.36. The highest BCUT2D eigenvalue weighted by Gasteiger charge is 2.32. The number of aromatic nitrogens is 3. The van der Waals surface area contributed by atoms with Gasteiger partial charge in [0.25, 0.3) is 0 Å². The van der Waals surface area contributed by atoms with Crippen molar-refractivity contribution in [2.45, 2.75) is 38.1 Å². The Kier molecular flexibility index (Phi) is 4.94. The fourth-order valence-corrected chi connectivity index (χ4v) is 2.45. The lowest BCUT2D eigenvalue weighted by molar-refractivity contribution is 0.388. The topological polar surface area (TPSA) is 63.7 Å². The molecule has 0 fully saturated rings. The molecule has 0 aliphatic heterocycles. The lowest BCUT2D eigenvalue weighted by Gasteiger charge is -2.27. The lowest BCUT2D eigenvalue weighted by atomic mass is 9.77. The zero-order valence-electron chi connectivity index (χ0n) is 12.5. The zero-order valence-corrected chi connectivity index (χ0v) is 12.5. The highest BCUT2D eigenvalue weighted by atomic mass is 16.5. The van der Waals surface area contributed by atoms with Crippen molar-refractivity contribution >= 4 is 0 Å². The Morgan fingerprint density at radius 3 is 2.62 bits per heavy atom. The maximum atomic E-state index is 9.84. The smallest absolute Gasteiger partial charge is 0.137 e. The molecule has 0 aliphatic carbocycles. The van der Waals surface area contributed by atoms with Gasteiger partial charge in [0.1, 0.15) is 23.8 Å². The molecule has 0 spiro atoms. The van der Waals surface area contributed by atoms with Gasteiger partial charge in [-0.25, -0.2) is 4.98 Å². The van der Waals surface area contributed by atoms with Crippen LogP contribution in [0.15, 0.2) is 36.9 Å². The van der Waals surface area contributed by atoms with Crippen molar-refractivity contribution in [1.29, 1.82) is 5.26 Å². The minimum atomic E-state index is -0.587. The third kappa shape index (κ3) is 3.40. The minimum Gasteiger partial charge on any atom is -0.497 e. The van der Waals surface area contributed by atoms with Crippen LogP contribution >= 0.6 is 0 Å². The Labute approximate surface area is 125 Å². The third-order valence-corrected chi connectivity index (χ3v) is 3.71. The number of rotatable bonds is 7. The van der Waals surface area contributed by atoms with Gasteiger partial charge in [0.05, 0.1) is 19.7 Å². The molecule has 0 bridgehead atoms. The molecule has 1 unspecified atom stereocenters. The number of unbranched alkanes of at least 4 members (excludes halogenated alkanes) is 1. The molecule has 21 heavy (non-hydrogen) atoms. The number of hydrogen-bond donors (Lipinski definition) is 0. The first kappa shape index (κ1) is 15.0. The molecule has 0 radical (unpaired) electrons. The summed E-state index contributed by atoms with van der Waals surface area (Å²) < 4.78 is 6.92. The van der Waals surface area contributed by atoms with E-state index in [0.717, 1.165) is 30.6 Å². The first-order valence-corrected chi connectivity index (χ1v) is 7.12. The summed E-state index contributed by atoms with van der Waals surface area (Å²) >= 11 is 0. The Balaban J connectivity index is 2.35. The maximum Gasteiger partial charge on any atom is 0.137 e. The van der Waals surface area contributed by atoms with E-state index in [9.17, 15) is 5.26 Å². The van der Waals surface area contributed by atoms with E-state index in [-0.39, 0.29) is 0 Å². The Hall–Kier alpha value is -2.35. The SMILES string of the molecule is CCCCC(C#N)(Cn1cncn1)c1ccc(OC)cc1. The van der Waals surface area contributed by atoms with Crippen molar-refractivity contribution in [2.75, 3.05) is 7.11 Å². The molecule has 1 aromatic heterocycles. The number of benzene rings is 1. The Bertz CT molecular complexity index is 586. The highest BCUT2D eigenvalue weighted by Crippen LogP contribution is 2.32. The van der Waals surface area contributed by atoms with Gasteiger partial charge in [-0.1, -0.05) is 31.9 Å². The summed E-state index contributed by atoms with van der Waals surface area (Å²) in [6.07, 6.45) is 5.99. The Morgan fingerprint density at radius 2 is 2.10 bits per heavy atom. The molecule has 1 atom stereocenters. The van der Waals surface area contributed by atoms with E-state index in [0.29, 0.717) is 6.54 Å². The molecular formula is C16H20N4O. The third-order valence-electron chi connectivity index (χ3n) is 3.71. The average Bonchev–Trinajstić information content (AvgIpc) is 3.04. The van der Waals surface area contributed by atoms with Crippen molar-refractivity contribution in [3.63, 3.8) is 0 Å². The van der Waals surface area contributed by atoms with Crippen molar-refractivity contribution in [1.82, 2.24) is 14.8 Å². The second-order valence-corrected chi connectivity index (χ2v) is 5.12. The first-order valence-electron chi connectivity index (χ1n) is 7.12. The van der Waals surface area contributed by atoms with Crippen LogP contribution in [0.25, 0.3) is 0 Å². The van der Waals surface area contributed by atoms with E-state index in [1.807, 2.05) is 24.3 Å². The van der Waals surface area contributed by atoms with Gasteiger partial charge in [-0.15, -0.1) is 0 Å². The van der Waals surface area contributed by atoms with Gasteiger partial charge in [-0.05, 0) is 24.1 Å². The van der Waals surface area contributed by atoms with Crippen LogP contribution in [0.4, 0.5) is 0 Å². The predicted molar refractivity (Wildman–Crippen MR) is 79.8 cm³/mol. The molecule has 5 heteroatoms. The molecule has 0 amide bonds. The fourth-order valence-electron chi connectivity index (χ4n) is 2.45. The van der Waals surface area contributed by atoms with Crippen LogP contribution < -0.4 is 4.74 Å². The molecular weight excluding hydrogens is 264 g/mol. The minimum absolute atomic E-state index is 0.510. The van der Waals surface area contributed by atoms with Gasteiger partial charge >= 0.3 is 0 Å². The standard InChI is InChI=1S/C16H20N4O/c1-3-4-9-16(10-17,11-20-13-18-12-19-20)14-5-7-15(21-2)8-6-14/h5-8,12-13H,3-4,9,11H2,1-2H3. The molecule has 0 saturated heterocycles.